The van der Waals surface area contributed by atoms with Gasteiger partial charge < -0.3 is 14.6 Å². The highest BCUT2D eigenvalue weighted by molar-refractivity contribution is 7.18. The maximum absolute atomic E-state index is 11.4. The molecule has 20 heavy (non-hydrogen) atoms. The molecule has 0 atom stereocenters. The molecular formula is C11H10Cl3N3O2S. The highest BCUT2D eigenvalue weighted by Gasteiger charge is 2.17. The fourth-order valence-electron chi connectivity index (χ4n) is 1.52. The number of methoxy groups -OCH3 is 1. The predicted molar refractivity (Wildman–Crippen MR) is 81.2 cm³/mol. The van der Waals surface area contributed by atoms with Crippen LogP contribution in [-0.2, 0) is 18.3 Å². The molecule has 2 rings (SSSR count). The Kier molecular flexibility index (Phi) is 4.80. The largest absolute Gasteiger partial charge is 0.465 e. The summed E-state index contributed by atoms with van der Waals surface area (Å²) in [6, 6.07) is 1.76. The number of nitrogens with one attached hydrogen (secondary N) is 1. The molecule has 0 saturated carbocycles. The summed E-state index contributed by atoms with van der Waals surface area (Å²) < 4.78 is 6.37. The number of esters is 1. The lowest BCUT2D eigenvalue weighted by Crippen LogP contribution is -2.04. The Morgan fingerprint density at radius 2 is 2.20 bits per heavy atom. The summed E-state index contributed by atoms with van der Waals surface area (Å²) in [4.78, 5) is 15.7. The van der Waals surface area contributed by atoms with Crippen LogP contribution in [0.2, 0.25) is 15.3 Å². The Balaban J connectivity index is 2.11. The first-order chi connectivity index (χ1) is 9.43. The van der Waals surface area contributed by atoms with E-state index in [2.05, 4.69) is 15.0 Å². The standard InChI is InChI=1S/C11H10Cl3N3O2S/c1-17-5(3-6(12)9(17)14)4-15-11-16-8(13)7(20-11)10(18)19-2/h3H,4H2,1-2H3,(H,15,16). The summed E-state index contributed by atoms with van der Waals surface area (Å²) in [6.07, 6.45) is 0. The molecule has 0 radical (unpaired) electrons. The molecule has 0 amide bonds. The molecule has 2 aromatic heterocycles. The molecule has 0 aromatic carbocycles. The first-order valence-corrected chi connectivity index (χ1v) is 7.37. The Morgan fingerprint density at radius 1 is 1.50 bits per heavy atom. The van der Waals surface area contributed by atoms with Crippen LogP contribution < -0.4 is 5.32 Å². The van der Waals surface area contributed by atoms with Gasteiger partial charge in [-0.05, 0) is 6.07 Å². The number of ether oxygens (including phenoxy) is 1. The zero-order valence-electron chi connectivity index (χ0n) is 10.5. The number of carbonyl (C=O) groups is 1. The Hall–Kier alpha value is -0.950. The number of halogens is 3. The first kappa shape index (κ1) is 15.4. The van der Waals surface area contributed by atoms with E-state index in [1.54, 1.807) is 17.7 Å². The van der Waals surface area contributed by atoms with E-state index in [1.807, 2.05) is 0 Å². The van der Waals surface area contributed by atoms with Crippen molar-refractivity contribution in [2.45, 2.75) is 6.54 Å². The molecule has 2 heterocycles. The topological polar surface area (TPSA) is 56.1 Å². The lowest BCUT2D eigenvalue weighted by Gasteiger charge is -2.04. The summed E-state index contributed by atoms with van der Waals surface area (Å²) >= 11 is 18.9. The quantitative estimate of drug-likeness (QED) is 0.848. The van der Waals surface area contributed by atoms with Gasteiger partial charge >= 0.3 is 5.97 Å². The first-order valence-electron chi connectivity index (χ1n) is 5.42. The van der Waals surface area contributed by atoms with Crippen molar-refractivity contribution < 1.29 is 9.53 Å². The normalized spacial score (nSPS) is 10.7. The lowest BCUT2D eigenvalue weighted by atomic mass is 10.4. The highest BCUT2D eigenvalue weighted by atomic mass is 35.5. The fourth-order valence-corrected chi connectivity index (χ4v) is 3.03. The molecule has 5 nitrogen and oxygen atoms in total. The second kappa shape index (κ2) is 6.22. The van der Waals surface area contributed by atoms with Crippen molar-refractivity contribution in [3.05, 3.63) is 32.0 Å². The maximum Gasteiger partial charge on any atom is 0.351 e. The highest BCUT2D eigenvalue weighted by Crippen LogP contribution is 2.29. The maximum atomic E-state index is 11.4. The lowest BCUT2D eigenvalue weighted by molar-refractivity contribution is 0.0606. The van der Waals surface area contributed by atoms with Gasteiger partial charge in [0.25, 0.3) is 0 Å². The third-order valence-electron chi connectivity index (χ3n) is 2.59. The third-order valence-corrected chi connectivity index (χ3v) is 4.81. The molecule has 9 heteroatoms. The molecule has 0 saturated heterocycles. The van der Waals surface area contributed by atoms with Gasteiger partial charge in [-0.25, -0.2) is 9.78 Å². The molecular weight excluding hydrogens is 345 g/mol. The van der Waals surface area contributed by atoms with Crippen molar-refractivity contribution in [3.8, 4) is 0 Å². The van der Waals surface area contributed by atoms with E-state index in [4.69, 9.17) is 34.8 Å². The van der Waals surface area contributed by atoms with E-state index in [-0.39, 0.29) is 10.0 Å². The Morgan fingerprint density at radius 3 is 2.75 bits per heavy atom. The van der Waals surface area contributed by atoms with Crippen LogP contribution in [0.5, 0.6) is 0 Å². The molecule has 2 aromatic rings. The number of carbonyl (C=O) groups excluding carboxylic acids is 1. The van der Waals surface area contributed by atoms with Crippen LogP contribution in [0.25, 0.3) is 0 Å². The summed E-state index contributed by atoms with van der Waals surface area (Å²) in [7, 11) is 3.10. The van der Waals surface area contributed by atoms with Crippen molar-refractivity contribution in [3.63, 3.8) is 0 Å². The van der Waals surface area contributed by atoms with Gasteiger partial charge in [-0.1, -0.05) is 46.1 Å². The van der Waals surface area contributed by atoms with Crippen LogP contribution in [-0.4, -0.2) is 22.6 Å². The van der Waals surface area contributed by atoms with Gasteiger partial charge in [0.2, 0.25) is 0 Å². The minimum absolute atomic E-state index is 0.118. The number of anilines is 1. The minimum Gasteiger partial charge on any atom is -0.465 e. The predicted octanol–water partition coefficient (Wildman–Crippen LogP) is 3.84. The number of hydrogen-bond donors (Lipinski definition) is 1. The van der Waals surface area contributed by atoms with Crippen LogP contribution in [0.3, 0.4) is 0 Å². The number of thiazole rings is 1. The molecule has 1 N–H and O–H groups in total. The molecule has 108 valence electrons. The summed E-state index contributed by atoms with van der Waals surface area (Å²) in [5.74, 6) is -0.509. The fraction of sp³-hybridized carbons (Fsp3) is 0.273. The third kappa shape index (κ3) is 3.03. The summed E-state index contributed by atoms with van der Waals surface area (Å²) in [6.45, 7) is 0.452. The van der Waals surface area contributed by atoms with Crippen LogP contribution in [0.1, 0.15) is 15.4 Å². The summed E-state index contributed by atoms with van der Waals surface area (Å²) in [5, 5.41) is 4.65. The van der Waals surface area contributed by atoms with E-state index in [0.29, 0.717) is 21.9 Å². The zero-order chi connectivity index (χ0) is 14.9. The van der Waals surface area contributed by atoms with Crippen LogP contribution in [0.15, 0.2) is 6.07 Å². The van der Waals surface area contributed by atoms with Crippen molar-refractivity contribution >= 4 is 57.2 Å². The van der Waals surface area contributed by atoms with Gasteiger partial charge in [0.1, 0.15) is 5.15 Å². The Labute approximate surface area is 134 Å². The average Bonchev–Trinajstić information content (AvgIpc) is 2.91. The summed E-state index contributed by atoms with van der Waals surface area (Å²) in [5.41, 5.74) is 0.881. The van der Waals surface area contributed by atoms with E-state index in [9.17, 15) is 4.79 Å². The van der Waals surface area contributed by atoms with Gasteiger partial charge in [0.05, 0.1) is 18.7 Å². The number of aromatic nitrogens is 2. The molecule has 0 aliphatic rings. The zero-order valence-corrected chi connectivity index (χ0v) is 13.6. The molecule has 0 unspecified atom stereocenters. The van der Waals surface area contributed by atoms with Gasteiger partial charge in [0.15, 0.2) is 15.2 Å². The van der Waals surface area contributed by atoms with Gasteiger partial charge in [0, 0.05) is 12.7 Å². The van der Waals surface area contributed by atoms with Gasteiger partial charge in [-0.3, -0.25) is 0 Å². The van der Waals surface area contributed by atoms with Crippen LogP contribution in [0.4, 0.5) is 5.13 Å². The van der Waals surface area contributed by atoms with Gasteiger partial charge in [-0.2, -0.15) is 0 Å². The number of hydrogen-bond acceptors (Lipinski definition) is 5. The Bertz CT molecular complexity index is 654. The van der Waals surface area contributed by atoms with Crippen molar-refractivity contribution in [2.24, 2.45) is 7.05 Å². The van der Waals surface area contributed by atoms with Crippen molar-refractivity contribution in [1.29, 1.82) is 0 Å². The van der Waals surface area contributed by atoms with E-state index < -0.39 is 5.97 Å². The number of rotatable bonds is 4. The molecule has 0 fully saturated rings. The number of nitrogens with zero attached hydrogens (tertiary/aromatic N) is 2. The second-order valence-corrected chi connectivity index (χ2v) is 5.94. The molecule has 0 spiro atoms. The smallest absolute Gasteiger partial charge is 0.351 e. The molecule has 0 bridgehead atoms. The van der Waals surface area contributed by atoms with E-state index in [0.717, 1.165) is 17.0 Å². The molecule has 0 aliphatic carbocycles. The van der Waals surface area contributed by atoms with Gasteiger partial charge in [-0.15, -0.1) is 0 Å². The van der Waals surface area contributed by atoms with E-state index in [1.165, 1.54) is 7.11 Å². The second-order valence-electron chi connectivity index (χ2n) is 3.82. The average molecular weight is 355 g/mol. The SMILES string of the molecule is COC(=O)c1sc(NCc2cc(Cl)c(Cl)n2C)nc1Cl. The van der Waals surface area contributed by atoms with E-state index >= 15 is 0 Å². The van der Waals surface area contributed by atoms with Crippen molar-refractivity contribution in [2.75, 3.05) is 12.4 Å². The monoisotopic (exact) mass is 353 g/mol. The molecule has 0 aliphatic heterocycles. The van der Waals surface area contributed by atoms with Crippen LogP contribution >= 0.6 is 46.1 Å². The minimum atomic E-state index is -0.509. The van der Waals surface area contributed by atoms with Crippen LogP contribution in [0, 0.1) is 0 Å². The van der Waals surface area contributed by atoms with Crippen molar-refractivity contribution in [1.82, 2.24) is 9.55 Å².